The number of hydrogen-bond donors (Lipinski definition) is 2. The number of aromatic hydroxyl groups is 1. The van der Waals surface area contributed by atoms with Crippen LogP contribution < -0.4 is 5.32 Å². The normalized spacial score (nSPS) is 10.1. The highest BCUT2D eigenvalue weighted by Gasteiger charge is 2.16. The van der Waals surface area contributed by atoms with Crippen molar-refractivity contribution in [3.63, 3.8) is 0 Å². The van der Waals surface area contributed by atoms with Crippen LogP contribution in [0.4, 0.5) is 5.88 Å². The Hall–Kier alpha value is -2.83. The van der Waals surface area contributed by atoms with E-state index in [1.807, 2.05) is 0 Å². The molecule has 1 amide bonds. The second-order valence-corrected chi connectivity index (χ2v) is 3.74. The van der Waals surface area contributed by atoms with Crippen LogP contribution in [0.3, 0.4) is 0 Å². The highest BCUT2D eigenvalue weighted by molar-refractivity contribution is 5.91. The first-order chi connectivity index (χ1) is 9.06. The Kier molecular flexibility index (Phi) is 3.46. The Labute approximate surface area is 107 Å². The molecule has 98 valence electrons. The first kappa shape index (κ1) is 12.6. The Morgan fingerprint density at radius 1 is 1.26 bits per heavy atom. The summed E-state index contributed by atoms with van der Waals surface area (Å²) >= 11 is 0. The average Bonchev–Trinajstić information content (AvgIpc) is 2.87. The van der Waals surface area contributed by atoms with Gasteiger partial charge in [-0.3, -0.25) is 14.9 Å². The SMILES string of the molecule is O=C(NCc1ccc(O)cc1)c1ccc([N+](=O)[O-])o1. The van der Waals surface area contributed by atoms with E-state index in [9.17, 15) is 14.9 Å². The van der Waals surface area contributed by atoms with Gasteiger partial charge in [0.25, 0.3) is 5.91 Å². The van der Waals surface area contributed by atoms with E-state index in [0.717, 1.165) is 11.6 Å². The molecule has 7 heteroatoms. The number of amides is 1. The third-order valence-corrected chi connectivity index (χ3v) is 2.38. The summed E-state index contributed by atoms with van der Waals surface area (Å²) < 4.78 is 4.76. The molecule has 2 rings (SSSR count). The summed E-state index contributed by atoms with van der Waals surface area (Å²) in [6.45, 7) is 0.230. The van der Waals surface area contributed by atoms with Gasteiger partial charge in [0.1, 0.15) is 10.7 Å². The molecule has 2 N–H and O–H groups in total. The summed E-state index contributed by atoms with van der Waals surface area (Å²) in [6, 6.07) is 8.67. The molecule has 1 aromatic heterocycles. The van der Waals surface area contributed by atoms with Gasteiger partial charge in [0.15, 0.2) is 5.76 Å². The number of nitrogens with one attached hydrogen (secondary N) is 1. The van der Waals surface area contributed by atoms with Crippen LogP contribution in [0.1, 0.15) is 16.1 Å². The maximum absolute atomic E-state index is 11.6. The van der Waals surface area contributed by atoms with Gasteiger partial charge in [0.2, 0.25) is 0 Å². The zero-order chi connectivity index (χ0) is 13.8. The summed E-state index contributed by atoms with van der Waals surface area (Å²) in [5.74, 6) is -1.00. The molecule has 0 bridgehead atoms. The molecular weight excluding hydrogens is 252 g/mol. The molecule has 0 fully saturated rings. The maximum atomic E-state index is 11.6. The molecule has 0 aliphatic carbocycles. The Morgan fingerprint density at radius 3 is 2.53 bits per heavy atom. The summed E-state index contributed by atoms with van der Waals surface area (Å²) in [5, 5.41) is 22.1. The topological polar surface area (TPSA) is 106 Å². The molecule has 0 aliphatic heterocycles. The Morgan fingerprint density at radius 2 is 1.95 bits per heavy atom. The van der Waals surface area contributed by atoms with Crippen molar-refractivity contribution < 1.29 is 19.2 Å². The third kappa shape index (κ3) is 3.09. The number of hydrogen-bond acceptors (Lipinski definition) is 5. The number of phenols is 1. The van der Waals surface area contributed by atoms with Gasteiger partial charge in [-0.05, 0) is 23.8 Å². The fourth-order valence-electron chi connectivity index (χ4n) is 1.43. The van der Waals surface area contributed by atoms with Crippen molar-refractivity contribution in [1.29, 1.82) is 0 Å². The summed E-state index contributed by atoms with van der Waals surface area (Å²) in [5.41, 5.74) is 0.784. The molecule has 0 saturated carbocycles. The molecular formula is C12H10N2O5. The van der Waals surface area contributed by atoms with E-state index in [2.05, 4.69) is 5.32 Å². The first-order valence-electron chi connectivity index (χ1n) is 5.36. The van der Waals surface area contributed by atoms with Gasteiger partial charge in [-0.2, -0.15) is 0 Å². The monoisotopic (exact) mass is 262 g/mol. The van der Waals surface area contributed by atoms with E-state index < -0.39 is 16.7 Å². The van der Waals surface area contributed by atoms with Crippen molar-refractivity contribution >= 4 is 11.8 Å². The third-order valence-electron chi connectivity index (χ3n) is 2.38. The average molecular weight is 262 g/mol. The van der Waals surface area contributed by atoms with Crippen molar-refractivity contribution in [2.75, 3.05) is 0 Å². The molecule has 1 heterocycles. The summed E-state index contributed by atoms with van der Waals surface area (Å²) in [4.78, 5) is 21.3. The second kappa shape index (κ2) is 5.21. The number of carbonyl (C=O) groups is 1. The van der Waals surface area contributed by atoms with E-state index >= 15 is 0 Å². The number of rotatable bonds is 4. The lowest BCUT2D eigenvalue weighted by molar-refractivity contribution is -0.402. The first-order valence-corrected chi connectivity index (χ1v) is 5.36. The van der Waals surface area contributed by atoms with E-state index in [4.69, 9.17) is 9.52 Å². The van der Waals surface area contributed by atoms with Crippen molar-refractivity contribution in [3.8, 4) is 5.75 Å². The fraction of sp³-hybridized carbons (Fsp3) is 0.0833. The van der Waals surface area contributed by atoms with Gasteiger partial charge in [-0.1, -0.05) is 12.1 Å². The van der Waals surface area contributed by atoms with Gasteiger partial charge >= 0.3 is 5.88 Å². The van der Waals surface area contributed by atoms with Gasteiger partial charge in [0, 0.05) is 6.54 Å². The van der Waals surface area contributed by atoms with E-state index in [0.29, 0.717) is 0 Å². The van der Waals surface area contributed by atoms with Crippen molar-refractivity contribution in [1.82, 2.24) is 5.32 Å². The van der Waals surface area contributed by atoms with Gasteiger partial charge in [0.05, 0.1) is 6.07 Å². The molecule has 1 aromatic carbocycles. The maximum Gasteiger partial charge on any atom is 0.433 e. The minimum absolute atomic E-state index is 0.120. The Bertz CT molecular complexity index is 603. The van der Waals surface area contributed by atoms with Crippen LogP contribution in [0.25, 0.3) is 0 Å². The quantitative estimate of drug-likeness (QED) is 0.645. The Balaban J connectivity index is 1.97. The number of benzene rings is 1. The fourth-order valence-corrected chi connectivity index (χ4v) is 1.43. The van der Waals surface area contributed by atoms with Crippen LogP contribution in [0, 0.1) is 10.1 Å². The van der Waals surface area contributed by atoms with Crippen LogP contribution in [0.5, 0.6) is 5.75 Å². The molecule has 0 saturated heterocycles. The number of carbonyl (C=O) groups excluding carboxylic acids is 1. The molecule has 0 radical (unpaired) electrons. The van der Waals surface area contributed by atoms with E-state index in [1.54, 1.807) is 12.1 Å². The molecule has 7 nitrogen and oxygen atoms in total. The standard InChI is InChI=1S/C12H10N2O5/c15-9-3-1-8(2-4-9)7-13-12(16)10-5-6-11(19-10)14(17)18/h1-6,15H,7H2,(H,13,16). The molecule has 0 atom stereocenters. The predicted molar refractivity (Wildman–Crippen MR) is 64.6 cm³/mol. The van der Waals surface area contributed by atoms with Crippen LogP contribution in [-0.2, 0) is 6.54 Å². The molecule has 0 spiro atoms. The van der Waals surface area contributed by atoms with Crippen LogP contribution >= 0.6 is 0 Å². The van der Waals surface area contributed by atoms with Crippen LogP contribution in [0.2, 0.25) is 0 Å². The van der Waals surface area contributed by atoms with Crippen molar-refractivity contribution in [3.05, 3.63) is 57.8 Å². The van der Waals surface area contributed by atoms with E-state index in [1.165, 1.54) is 18.2 Å². The molecule has 0 aliphatic rings. The van der Waals surface area contributed by atoms with E-state index in [-0.39, 0.29) is 18.1 Å². The number of nitrogens with zero attached hydrogens (tertiary/aromatic N) is 1. The second-order valence-electron chi connectivity index (χ2n) is 3.74. The lowest BCUT2D eigenvalue weighted by Gasteiger charge is -2.03. The zero-order valence-corrected chi connectivity index (χ0v) is 9.70. The smallest absolute Gasteiger partial charge is 0.433 e. The highest BCUT2D eigenvalue weighted by Crippen LogP contribution is 2.15. The minimum atomic E-state index is -0.712. The summed E-state index contributed by atoms with van der Waals surface area (Å²) in [6.07, 6.45) is 0. The van der Waals surface area contributed by atoms with Crippen molar-refractivity contribution in [2.24, 2.45) is 0 Å². The summed E-state index contributed by atoms with van der Waals surface area (Å²) in [7, 11) is 0. The number of phenolic OH excluding ortho intramolecular Hbond substituents is 1. The molecule has 19 heavy (non-hydrogen) atoms. The highest BCUT2D eigenvalue weighted by atomic mass is 16.6. The lowest BCUT2D eigenvalue weighted by Crippen LogP contribution is -2.22. The molecule has 0 unspecified atom stereocenters. The minimum Gasteiger partial charge on any atom is -0.508 e. The lowest BCUT2D eigenvalue weighted by atomic mass is 10.2. The van der Waals surface area contributed by atoms with Gasteiger partial charge < -0.3 is 14.8 Å². The zero-order valence-electron chi connectivity index (χ0n) is 9.70. The number of nitro groups is 1. The largest absolute Gasteiger partial charge is 0.508 e. The van der Waals surface area contributed by atoms with Gasteiger partial charge in [-0.15, -0.1) is 0 Å². The molecule has 2 aromatic rings. The van der Waals surface area contributed by atoms with Crippen LogP contribution in [0.15, 0.2) is 40.8 Å². The van der Waals surface area contributed by atoms with Gasteiger partial charge in [-0.25, -0.2) is 0 Å². The van der Waals surface area contributed by atoms with Crippen LogP contribution in [-0.4, -0.2) is 15.9 Å². The number of furan rings is 1. The predicted octanol–water partition coefficient (Wildman–Crippen LogP) is 1.82. The van der Waals surface area contributed by atoms with Crippen molar-refractivity contribution in [2.45, 2.75) is 6.54 Å².